The molecule has 0 atom stereocenters. The van der Waals surface area contributed by atoms with Crippen molar-refractivity contribution in [2.75, 3.05) is 7.05 Å². The van der Waals surface area contributed by atoms with Crippen molar-refractivity contribution >= 4 is 10.9 Å². The third-order valence-corrected chi connectivity index (χ3v) is 3.74. The molecule has 0 fully saturated rings. The van der Waals surface area contributed by atoms with Gasteiger partial charge in [-0.2, -0.15) is 17.9 Å². The molecule has 1 aromatic heterocycles. The molecule has 0 amide bonds. The molecule has 0 aliphatic heterocycles. The van der Waals surface area contributed by atoms with E-state index in [0.29, 0.717) is 23.0 Å². The summed E-state index contributed by atoms with van der Waals surface area (Å²) in [4.78, 5) is 14.2. The first-order chi connectivity index (χ1) is 11.8. The van der Waals surface area contributed by atoms with Gasteiger partial charge in [0.15, 0.2) is 0 Å². The minimum Gasteiger partial charge on any atom is -0.283 e. The fourth-order valence-corrected chi connectivity index (χ4v) is 2.51. The fourth-order valence-electron chi connectivity index (χ4n) is 2.51. The second kappa shape index (κ2) is 6.64. The first-order valence-electron chi connectivity index (χ1n) is 7.52. The minimum absolute atomic E-state index is 0.178. The number of benzene rings is 2. The Morgan fingerprint density at radius 2 is 1.76 bits per heavy atom. The van der Waals surface area contributed by atoms with Crippen molar-refractivity contribution in [1.82, 2.24) is 19.9 Å². The standard InChI is InChI=1S/C17H15F3N4O/c1-23(10-12-6-8-13(9-7-12)17(18,19)20)11-24-16(25)14-4-2-3-5-15(14)21-22-24/h2-9H,10-11H2,1H3. The molecule has 0 aliphatic carbocycles. The van der Waals surface area contributed by atoms with Gasteiger partial charge >= 0.3 is 6.18 Å². The van der Waals surface area contributed by atoms with E-state index in [9.17, 15) is 18.0 Å². The van der Waals surface area contributed by atoms with Crippen molar-refractivity contribution in [3.8, 4) is 0 Å². The van der Waals surface area contributed by atoms with Crippen molar-refractivity contribution in [3.63, 3.8) is 0 Å². The van der Waals surface area contributed by atoms with Crippen LogP contribution in [0.5, 0.6) is 0 Å². The molecule has 1 heterocycles. The summed E-state index contributed by atoms with van der Waals surface area (Å²) in [7, 11) is 1.75. The van der Waals surface area contributed by atoms with E-state index in [1.165, 1.54) is 16.8 Å². The van der Waals surface area contributed by atoms with Crippen LogP contribution in [0.15, 0.2) is 53.3 Å². The average Bonchev–Trinajstić information content (AvgIpc) is 2.57. The van der Waals surface area contributed by atoms with Crippen LogP contribution >= 0.6 is 0 Å². The molecule has 0 unspecified atom stereocenters. The maximum Gasteiger partial charge on any atom is 0.416 e. The van der Waals surface area contributed by atoms with Gasteiger partial charge in [-0.3, -0.25) is 9.69 Å². The molecule has 2 aromatic carbocycles. The van der Waals surface area contributed by atoms with Gasteiger partial charge in [-0.15, -0.1) is 5.10 Å². The smallest absolute Gasteiger partial charge is 0.283 e. The number of alkyl halides is 3. The van der Waals surface area contributed by atoms with E-state index < -0.39 is 11.7 Å². The lowest BCUT2D eigenvalue weighted by Crippen LogP contribution is -2.32. The number of fused-ring (bicyclic) bond motifs is 1. The van der Waals surface area contributed by atoms with Crippen molar-refractivity contribution in [3.05, 3.63) is 70.0 Å². The SMILES string of the molecule is CN(Cc1ccc(C(F)(F)F)cc1)Cn1nnc2ccccc2c1=O. The number of aromatic nitrogens is 3. The number of nitrogens with zero attached hydrogens (tertiary/aromatic N) is 4. The summed E-state index contributed by atoms with van der Waals surface area (Å²) in [5.74, 6) is 0. The zero-order valence-corrected chi connectivity index (χ0v) is 13.4. The van der Waals surface area contributed by atoms with Crippen molar-refractivity contribution in [2.45, 2.75) is 19.4 Å². The number of halogens is 3. The van der Waals surface area contributed by atoms with E-state index in [0.717, 1.165) is 12.1 Å². The summed E-state index contributed by atoms with van der Waals surface area (Å²) in [6.45, 7) is 0.552. The highest BCUT2D eigenvalue weighted by Crippen LogP contribution is 2.29. The lowest BCUT2D eigenvalue weighted by Gasteiger charge is -2.17. The Morgan fingerprint density at radius 3 is 2.44 bits per heavy atom. The molecule has 5 nitrogen and oxygen atoms in total. The van der Waals surface area contributed by atoms with E-state index in [1.807, 2.05) is 0 Å². The van der Waals surface area contributed by atoms with Crippen LogP contribution < -0.4 is 5.56 Å². The van der Waals surface area contributed by atoms with Crippen LogP contribution in [0.2, 0.25) is 0 Å². The molecule has 0 N–H and O–H groups in total. The Balaban J connectivity index is 1.73. The largest absolute Gasteiger partial charge is 0.416 e. The van der Waals surface area contributed by atoms with Crippen LogP contribution in [0, 0.1) is 0 Å². The van der Waals surface area contributed by atoms with E-state index in [4.69, 9.17) is 0 Å². The zero-order valence-electron chi connectivity index (χ0n) is 13.4. The van der Waals surface area contributed by atoms with Crippen LogP contribution in [0.4, 0.5) is 13.2 Å². The molecular weight excluding hydrogens is 333 g/mol. The first-order valence-corrected chi connectivity index (χ1v) is 7.52. The predicted molar refractivity (Wildman–Crippen MR) is 86.7 cm³/mol. The van der Waals surface area contributed by atoms with Crippen molar-refractivity contribution in [2.24, 2.45) is 0 Å². The maximum absolute atomic E-state index is 12.6. The molecule has 0 aliphatic rings. The highest BCUT2D eigenvalue weighted by atomic mass is 19.4. The lowest BCUT2D eigenvalue weighted by atomic mass is 10.1. The topological polar surface area (TPSA) is 51.0 Å². The Kier molecular flexibility index (Phi) is 4.54. The van der Waals surface area contributed by atoms with Crippen molar-refractivity contribution < 1.29 is 13.2 Å². The van der Waals surface area contributed by atoms with E-state index >= 15 is 0 Å². The molecule has 130 valence electrons. The number of hydrogen-bond acceptors (Lipinski definition) is 4. The monoisotopic (exact) mass is 348 g/mol. The molecule has 0 saturated heterocycles. The van der Waals surface area contributed by atoms with Gasteiger partial charge in [-0.25, -0.2) is 0 Å². The summed E-state index contributed by atoms with van der Waals surface area (Å²) in [5.41, 5.74) is 0.284. The second-order valence-corrected chi connectivity index (χ2v) is 5.76. The third kappa shape index (κ3) is 3.85. The summed E-state index contributed by atoms with van der Waals surface area (Å²) in [6.07, 6.45) is -4.35. The number of rotatable bonds is 4. The molecule has 0 bridgehead atoms. The third-order valence-electron chi connectivity index (χ3n) is 3.74. The van der Waals surface area contributed by atoms with Crippen LogP contribution in [0.3, 0.4) is 0 Å². The summed E-state index contributed by atoms with van der Waals surface area (Å²) in [6, 6.07) is 11.9. The maximum atomic E-state index is 12.6. The molecular formula is C17H15F3N4O. The second-order valence-electron chi connectivity index (χ2n) is 5.76. The molecule has 3 rings (SSSR count). The van der Waals surface area contributed by atoms with Gasteiger partial charge in [0.2, 0.25) is 0 Å². The molecule has 25 heavy (non-hydrogen) atoms. The highest BCUT2D eigenvalue weighted by Gasteiger charge is 2.29. The Morgan fingerprint density at radius 1 is 1.08 bits per heavy atom. The number of hydrogen-bond donors (Lipinski definition) is 0. The van der Waals surface area contributed by atoms with E-state index in [2.05, 4.69) is 10.3 Å². The summed E-state index contributed by atoms with van der Waals surface area (Å²) >= 11 is 0. The van der Waals surface area contributed by atoms with Gasteiger partial charge in [0, 0.05) is 6.54 Å². The first kappa shape index (κ1) is 17.1. The van der Waals surface area contributed by atoms with Crippen LogP contribution in [0.1, 0.15) is 11.1 Å². The predicted octanol–water partition coefficient (Wildman–Crippen LogP) is 2.90. The Labute approximate surface area is 141 Å². The van der Waals surface area contributed by atoms with Crippen LogP contribution in [0.25, 0.3) is 10.9 Å². The summed E-state index contributed by atoms with van der Waals surface area (Å²) in [5, 5.41) is 8.37. The molecule has 0 radical (unpaired) electrons. The molecule has 3 aromatic rings. The Bertz CT molecular complexity index is 935. The van der Waals surface area contributed by atoms with Gasteiger partial charge in [-0.1, -0.05) is 29.5 Å². The Hall–Kier alpha value is -2.74. The fraction of sp³-hybridized carbons (Fsp3) is 0.235. The molecule has 0 saturated carbocycles. The van der Waals surface area contributed by atoms with E-state index in [-0.39, 0.29) is 12.2 Å². The molecule has 8 heteroatoms. The van der Waals surface area contributed by atoms with Gasteiger partial charge < -0.3 is 0 Å². The van der Waals surface area contributed by atoms with E-state index in [1.54, 1.807) is 36.2 Å². The minimum atomic E-state index is -4.35. The van der Waals surface area contributed by atoms with Crippen molar-refractivity contribution in [1.29, 1.82) is 0 Å². The van der Waals surface area contributed by atoms with Gasteiger partial charge in [0.1, 0.15) is 5.52 Å². The quantitative estimate of drug-likeness (QED) is 0.728. The van der Waals surface area contributed by atoms with Gasteiger partial charge in [0.05, 0.1) is 17.6 Å². The summed E-state index contributed by atoms with van der Waals surface area (Å²) < 4.78 is 39.0. The zero-order chi connectivity index (χ0) is 18.0. The lowest BCUT2D eigenvalue weighted by molar-refractivity contribution is -0.137. The van der Waals surface area contributed by atoms with Crippen LogP contribution in [-0.4, -0.2) is 26.9 Å². The van der Waals surface area contributed by atoms with Crippen LogP contribution in [-0.2, 0) is 19.4 Å². The van der Waals surface area contributed by atoms with Gasteiger partial charge in [0.25, 0.3) is 5.56 Å². The normalized spacial score (nSPS) is 12.0. The van der Waals surface area contributed by atoms with Gasteiger partial charge in [-0.05, 0) is 36.9 Å². The average molecular weight is 348 g/mol. The molecule has 0 spiro atoms. The highest BCUT2D eigenvalue weighted by molar-refractivity contribution is 5.76.